The van der Waals surface area contributed by atoms with Gasteiger partial charge in [-0.15, -0.1) is 0 Å². The van der Waals surface area contributed by atoms with Gasteiger partial charge >= 0.3 is 6.09 Å². The lowest BCUT2D eigenvalue weighted by molar-refractivity contribution is -0.126. The molecule has 1 saturated heterocycles. The van der Waals surface area contributed by atoms with Crippen LogP contribution in [-0.2, 0) is 24.6 Å². The van der Waals surface area contributed by atoms with E-state index in [9.17, 15) is 19.8 Å². The first kappa shape index (κ1) is 41.9. The molecule has 5 aromatic carbocycles. The molecule has 13 heteroatoms. The van der Waals surface area contributed by atoms with Gasteiger partial charge in [-0.25, -0.2) is 14.7 Å². The summed E-state index contributed by atoms with van der Waals surface area (Å²) in [4.78, 5) is 33.8. The van der Waals surface area contributed by atoms with Crippen LogP contribution >= 0.6 is 22.6 Å². The van der Waals surface area contributed by atoms with Crippen molar-refractivity contribution in [3.8, 4) is 0 Å². The van der Waals surface area contributed by atoms with Gasteiger partial charge in [-0.2, -0.15) is 0 Å². The number of aliphatic hydroxyl groups excluding tert-OH is 2. The molecule has 3 heterocycles. The number of rotatable bonds is 10. The molecule has 1 fully saturated rings. The molecule has 2 aliphatic heterocycles. The summed E-state index contributed by atoms with van der Waals surface area (Å²) in [7, 11) is 0. The number of aliphatic hydroxyl groups is 2. The van der Waals surface area contributed by atoms with Gasteiger partial charge in [-0.3, -0.25) is 10.1 Å². The van der Waals surface area contributed by atoms with Gasteiger partial charge in [0.25, 0.3) is 0 Å². The zero-order chi connectivity index (χ0) is 42.7. The Labute approximate surface area is 368 Å². The second-order valence-electron chi connectivity index (χ2n) is 15.8. The summed E-state index contributed by atoms with van der Waals surface area (Å²) in [6, 6.07) is 47.8. The second-order valence-corrected chi connectivity index (χ2v) is 17.0. The number of para-hydroxylation sites is 2. The maximum absolute atomic E-state index is 14.3. The lowest BCUT2D eigenvalue weighted by Crippen LogP contribution is -2.44. The maximum atomic E-state index is 14.3. The number of aliphatic imine (C=N–C) groups is 1. The number of carbonyl (C=O) groups is 2. The molecule has 0 aliphatic carbocycles. The molecule has 12 nitrogen and oxygen atoms in total. The SMILES string of the molecule is CC(C)(C)C(=O)NC1=NC(OC(=O)N(c2ccccc2)c2ccccc2)c2c(I)cn(C3OC(COC(c4ccccc4)(c4ccccc4)c4ccccc4)[C@@H](O)[C@H]3O)c2N1. The van der Waals surface area contributed by atoms with Crippen molar-refractivity contribution >= 4 is 57.7 Å². The quantitative estimate of drug-likeness (QED) is 0.0789. The Balaban J connectivity index is 1.13. The fourth-order valence-electron chi connectivity index (χ4n) is 7.58. The largest absolute Gasteiger partial charge is 0.421 e. The third-order valence-electron chi connectivity index (χ3n) is 10.7. The molecule has 1 aromatic heterocycles. The molecule has 0 spiro atoms. The van der Waals surface area contributed by atoms with Crippen LogP contribution in [0.3, 0.4) is 0 Å². The molecule has 312 valence electrons. The van der Waals surface area contributed by atoms with Crippen molar-refractivity contribution in [3.05, 3.63) is 184 Å². The van der Waals surface area contributed by atoms with E-state index in [1.807, 2.05) is 127 Å². The molecule has 2 amide bonds. The van der Waals surface area contributed by atoms with Gasteiger partial charge in [0.2, 0.25) is 18.1 Å². The van der Waals surface area contributed by atoms with E-state index < -0.39 is 47.9 Å². The van der Waals surface area contributed by atoms with Crippen LogP contribution in [0.5, 0.6) is 0 Å². The van der Waals surface area contributed by atoms with Gasteiger partial charge < -0.3 is 34.3 Å². The highest BCUT2D eigenvalue weighted by molar-refractivity contribution is 14.1. The zero-order valence-corrected chi connectivity index (χ0v) is 35.9. The first-order chi connectivity index (χ1) is 29.5. The summed E-state index contributed by atoms with van der Waals surface area (Å²) < 4.78 is 22.0. The summed E-state index contributed by atoms with van der Waals surface area (Å²) >= 11 is 2.12. The Bertz CT molecular complexity index is 2350. The normalized spacial score (nSPS) is 19.9. The van der Waals surface area contributed by atoms with Crippen LogP contribution in [0.2, 0.25) is 0 Å². The third kappa shape index (κ3) is 8.44. The van der Waals surface area contributed by atoms with Gasteiger partial charge in [-0.1, -0.05) is 148 Å². The lowest BCUT2D eigenvalue weighted by atomic mass is 9.80. The molecule has 5 atom stereocenters. The Kier molecular flexibility index (Phi) is 12.1. The van der Waals surface area contributed by atoms with Crippen molar-refractivity contribution in [1.82, 2.24) is 9.88 Å². The van der Waals surface area contributed by atoms with Gasteiger partial charge in [0.1, 0.15) is 29.7 Å². The first-order valence-corrected chi connectivity index (χ1v) is 21.0. The molecule has 61 heavy (non-hydrogen) atoms. The number of amides is 2. The number of carbonyl (C=O) groups excluding carboxylic acids is 2. The molecule has 0 radical (unpaired) electrons. The number of hydrogen-bond acceptors (Lipinski definition) is 9. The highest BCUT2D eigenvalue weighted by Crippen LogP contribution is 2.44. The number of fused-ring (bicyclic) bond motifs is 1. The van der Waals surface area contributed by atoms with Crippen molar-refractivity contribution < 1.29 is 34.0 Å². The molecule has 2 aliphatic rings. The lowest BCUT2D eigenvalue weighted by Gasteiger charge is -2.37. The van der Waals surface area contributed by atoms with Crippen molar-refractivity contribution in [2.24, 2.45) is 10.4 Å². The van der Waals surface area contributed by atoms with E-state index in [4.69, 9.17) is 19.2 Å². The van der Waals surface area contributed by atoms with Crippen LogP contribution in [0.25, 0.3) is 0 Å². The zero-order valence-electron chi connectivity index (χ0n) is 33.8. The first-order valence-electron chi connectivity index (χ1n) is 19.9. The van der Waals surface area contributed by atoms with E-state index in [1.54, 1.807) is 55.8 Å². The highest BCUT2D eigenvalue weighted by atomic mass is 127. The summed E-state index contributed by atoms with van der Waals surface area (Å²) in [5.41, 5.74) is 2.35. The van der Waals surface area contributed by atoms with Crippen molar-refractivity contribution in [3.63, 3.8) is 0 Å². The Morgan fingerprint density at radius 2 is 1.25 bits per heavy atom. The molecule has 3 unspecified atom stereocenters. The summed E-state index contributed by atoms with van der Waals surface area (Å²) in [5, 5.41) is 29.5. The summed E-state index contributed by atoms with van der Waals surface area (Å²) in [6.07, 6.45) is -5.13. The van der Waals surface area contributed by atoms with E-state index in [0.29, 0.717) is 26.3 Å². The number of guanidine groups is 1. The number of hydrogen-bond donors (Lipinski definition) is 4. The number of nitrogens with zero attached hydrogens (tertiary/aromatic N) is 3. The number of nitrogens with one attached hydrogen (secondary N) is 2. The fraction of sp³-hybridized carbons (Fsp3) is 0.229. The van der Waals surface area contributed by atoms with Crippen LogP contribution in [0.1, 0.15) is 55.5 Å². The minimum absolute atomic E-state index is 0.0261. The number of halogens is 1. The Morgan fingerprint density at radius 1 is 0.770 bits per heavy atom. The number of aromatic nitrogens is 1. The topological polar surface area (TPSA) is 147 Å². The summed E-state index contributed by atoms with van der Waals surface area (Å²) in [5.74, 6) is 0.0365. The van der Waals surface area contributed by atoms with Crippen LogP contribution in [0.15, 0.2) is 163 Å². The Hall–Kier alpha value is -5.84. The van der Waals surface area contributed by atoms with E-state index in [-0.39, 0.29) is 18.5 Å². The van der Waals surface area contributed by atoms with Gasteiger partial charge in [0, 0.05) is 15.2 Å². The van der Waals surface area contributed by atoms with Crippen LogP contribution in [-0.4, -0.2) is 57.7 Å². The monoisotopic (exact) mass is 931 g/mol. The molecular formula is C48H46IN5O7. The highest BCUT2D eigenvalue weighted by Gasteiger charge is 2.48. The average Bonchev–Trinajstić information content (AvgIpc) is 3.76. The minimum Gasteiger partial charge on any atom is -0.418 e. The third-order valence-corrected chi connectivity index (χ3v) is 11.6. The smallest absolute Gasteiger partial charge is 0.418 e. The number of anilines is 3. The predicted molar refractivity (Wildman–Crippen MR) is 241 cm³/mol. The van der Waals surface area contributed by atoms with E-state index >= 15 is 0 Å². The second kappa shape index (κ2) is 17.6. The Morgan fingerprint density at radius 3 is 1.72 bits per heavy atom. The summed E-state index contributed by atoms with van der Waals surface area (Å²) in [6.45, 7) is 5.20. The molecule has 6 aromatic rings. The fourth-order valence-corrected chi connectivity index (χ4v) is 8.40. The average molecular weight is 932 g/mol. The molecule has 0 saturated carbocycles. The van der Waals surface area contributed by atoms with Crippen molar-refractivity contribution in [2.75, 3.05) is 16.8 Å². The van der Waals surface area contributed by atoms with Gasteiger partial charge in [0.05, 0.1) is 23.5 Å². The van der Waals surface area contributed by atoms with Crippen LogP contribution in [0, 0.1) is 8.99 Å². The predicted octanol–water partition coefficient (Wildman–Crippen LogP) is 8.64. The van der Waals surface area contributed by atoms with Gasteiger partial charge in [0.15, 0.2) is 6.23 Å². The minimum atomic E-state index is -1.42. The van der Waals surface area contributed by atoms with E-state index in [2.05, 4.69) is 33.2 Å². The van der Waals surface area contributed by atoms with Gasteiger partial charge in [-0.05, 0) is 63.5 Å². The maximum Gasteiger partial charge on any atom is 0.421 e. The molecular weight excluding hydrogens is 885 g/mol. The van der Waals surface area contributed by atoms with Crippen molar-refractivity contribution in [1.29, 1.82) is 0 Å². The standard InChI is InChI=1S/C48H46IN5O7/c1-47(2,3)44(57)52-45-50-41-38(42(51-45)61-46(58)54(34-25-15-7-16-26-34)35-27-17-8-18-28-35)36(49)29-53(41)43-40(56)39(55)37(60-43)30-59-48(31-19-9-4-10-20-31,32-21-11-5-12-22-32)33-23-13-6-14-24-33/h4-29,37,39-40,42-43,55-56H,30H2,1-3H3,(H2,50,51,52,57)/t37?,39-,40-,42?,43?/m1/s1. The molecule has 0 bridgehead atoms. The van der Waals surface area contributed by atoms with E-state index in [0.717, 1.165) is 16.7 Å². The molecule has 8 rings (SSSR count). The van der Waals surface area contributed by atoms with Crippen LogP contribution < -0.4 is 15.5 Å². The van der Waals surface area contributed by atoms with Crippen LogP contribution in [0.4, 0.5) is 22.0 Å². The number of ether oxygens (including phenoxy) is 3. The van der Waals surface area contributed by atoms with Crippen molar-refractivity contribution in [2.45, 2.75) is 57.1 Å². The van der Waals surface area contributed by atoms with E-state index in [1.165, 1.54) is 4.90 Å². The number of benzene rings is 5. The molecule has 4 N–H and O–H groups in total.